The minimum Gasteiger partial charge on any atom is -0.486 e. The van der Waals surface area contributed by atoms with Crippen molar-refractivity contribution < 1.29 is 19.1 Å². The fourth-order valence-corrected chi connectivity index (χ4v) is 3.60. The van der Waals surface area contributed by atoms with E-state index in [-0.39, 0.29) is 11.8 Å². The number of para-hydroxylation sites is 1. The van der Waals surface area contributed by atoms with Crippen molar-refractivity contribution in [3.8, 4) is 11.5 Å². The number of likely N-dealkylation sites (tertiary alicyclic amines) is 1. The summed E-state index contributed by atoms with van der Waals surface area (Å²) in [5.41, 5.74) is 1.51. The van der Waals surface area contributed by atoms with Crippen LogP contribution in [0.5, 0.6) is 11.5 Å². The van der Waals surface area contributed by atoms with Gasteiger partial charge in [-0.1, -0.05) is 25.0 Å². The molecule has 2 heterocycles. The topological polar surface area (TPSA) is 67.9 Å². The molecular weight excluding hydrogens is 356 g/mol. The number of nitrogens with zero attached hydrogens (tertiary/aromatic N) is 1. The van der Waals surface area contributed by atoms with Gasteiger partial charge in [-0.05, 0) is 43.2 Å². The van der Waals surface area contributed by atoms with Crippen molar-refractivity contribution in [3.05, 3.63) is 53.6 Å². The summed E-state index contributed by atoms with van der Waals surface area (Å²) < 4.78 is 11.0. The molecule has 0 radical (unpaired) electrons. The highest BCUT2D eigenvalue weighted by atomic mass is 16.6. The van der Waals surface area contributed by atoms with E-state index in [0.717, 1.165) is 38.8 Å². The van der Waals surface area contributed by atoms with Gasteiger partial charge in [0.05, 0.1) is 11.3 Å². The van der Waals surface area contributed by atoms with Gasteiger partial charge in [0, 0.05) is 18.7 Å². The maximum atomic E-state index is 13.0. The number of anilines is 1. The van der Waals surface area contributed by atoms with Crippen molar-refractivity contribution in [2.75, 3.05) is 31.6 Å². The number of carbonyl (C=O) groups excluding carboxylic acids is 2. The van der Waals surface area contributed by atoms with Crippen LogP contribution in [0.4, 0.5) is 5.69 Å². The number of hydrogen-bond donors (Lipinski definition) is 1. The molecule has 1 N–H and O–H groups in total. The number of hydrogen-bond acceptors (Lipinski definition) is 4. The van der Waals surface area contributed by atoms with E-state index in [1.807, 2.05) is 17.0 Å². The van der Waals surface area contributed by atoms with Gasteiger partial charge >= 0.3 is 0 Å². The Bertz CT molecular complexity index is 873. The average molecular weight is 380 g/mol. The summed E-state index contributed by atoms with van der Waals surface area (Å²) in [4.78, 5) is 27.7. The number of fused-ring (bicyclic) bond motifs is 1. The molecule has 1 fully saturated rings. The second kappa shape index (κ2) is 8.33. The van der Waals surface area contributed by atoms with Crippen LogP contribution in [-0.4, -0.2) is 43.0 Å². The predicted molar refractivity (Wildman–Crippen MR) is 106 cm³/mol. The lowest BCUT2D eigenvalue weighted by atomic mass is 10.1. The standard InChI is InChI=1S/C22H24N2O4/c25-21(16-9-10-19-20(15-16)28-14-13-27-19)23-18-8-4-3-7-17(18)22(26)24-11-5-1-2-6-12-24/h3-4,7-10,15H,1-2,5-6,11-14H2,(H,23,25). The number of benzene rings is 2. The molecule has 4 rings (SSSR count). The zero-order chi connectivity index (χ0) is 19.3. The van der Waals surface area contributed by atoms with Crippen molar-refractivity contribution in [1.29, 1.82) is 0 Å². The van der Waals surface area contributed by atoms with Gasteiger partial charge < -0.3 is 19.7 Å². The molecular formula is C22H24N2O4. The van der Waals surface area contributed by atoms with Gasteiger partial charge in [-0.25, -0.2) is 0 Å². The Morgan fingerprint density at radius 1 is 0.857 bits per heavy atom. The van der Waals surface area contributed by atoms with Crippen LogP contribution < -0.4 is 14.8 Å². The second-order valence-corrected chi connectivity index (χ2v) is 7.06. The van der Waals surface area contributed by atoms with Gasteiger partial charge in [-0.15, -0.1) is 0 Å². The van der Waals surface area contributed by atoms with Crippen molar-refractivity contribution in [1.82, 2.24) is 4.90 Å². The van der Waals surface area contributed by atoms with Crippen LogP contribution in [-0.2, 0) is 0 Å². The highest BCUT2D eigenvalue weighted by molar-refractivity contribution is 6.09. The Morgan fingerprint density at radius 3 is 2.36 bits per heavy atom. The molecule has 0 aromatic heterocycles. The van der Waals surface area contributed by atoms with Crippen LogP contribution in [0.2, 0.25) is 0 Å². The molecule has 0 aliphatic carbocycles. The fourth-order valence-electron chi connectivity index (χ4n) is 3.60. The number of carbonyl (C=O) groups is 2. The first-order chi connectivity index (χ1) is 13.7. The minimum atomic E-state index is -0.284. The van der Waals surface area contributed by atoms with E-state index in [4.69, 9.17) is 9.47 Å². The molecule has 0 unspecified atom stereocenters. The molecule has 2 aliphatic rings. The molecule has 6 nitrogen and oxygen atoms in total. The summed E-state index contributed by atoms with van der Waals surface area (Å²) in [5.74, 6) is 0.889. The third-order valence-corrected chi connectivity index (χ3v) is 5.10. The van der Waals surface area contributed by atoms with Gasteiger partial charge in [-0.3, -0.25) is 9.59 Å². The predicted octanol–water partition coefficient (Wildman–Crippen LogP) is 3.73. The number of rotatable bonds is 3. The Morgan fingerprint density at radius 2 is 1.57 bits per heavy atom. The lowest BCUT2D eigenvalue weighted by Gasteiger charge is -2.22. The van der Waals surface area contributed by atoms with E-state index in [1.54, 1.807) is 30.3 Å². The summed E-state index contributed by atoms with van der Waals surface area (Å²) >= 11 is 0. The van der Waals surface area contributed by atoms with Crippen molar-refractivity contribution in [2.24, 2.45) is 0 Å². The Kier molecular flexibility index (Phi) is 5.46. The van der Waals surface area contributed by atoms with E-state index in [1.165, 1.54) is 0 Å². The van der Waals surface area contributed by atoms with E-state index in [0.29, 0.717) is 41.5 Å². The largest absolute Gasteiger partial charge is 0.486 e. The van der Waals surface area contributed by atoms with Crippen LogP contribution in [0.25, 0.3) is 0 Å². The van der Waals surface area contributed by atoms with Crippen LogP contribution in [0, 0.1) is 0 Å². The van der Waals surface area contributed by atoms with Crippen LogP contribution in [0.15, 0.2) is 42.5 Å². The third kappa shape index (κ3) is 3.96. The molecule has 2 aromatic rings. The van der Waals surface area contributed by atoms with Crippen LogP contribution >= 0.6 is 0 Å². The molecule has 28 heavy (non-hydrogen) atoms. The number of ether oxygens (including phenoxy) is 2. The summed E-state index contributed by atoms with van der Waals surface area (Å²) in [7, 11) is 0. The van der Waals surface area contributed by atoms with Gasteiger partial charge in [-0.2, -0.15) is 0 Å². The molecule has 2 amide bonds. The Hall–Kier alpha value is -3.02. The second-order valence-electron chi connectivity index (χ2n) is 7.06. The van der Waals surface area contributed by atoms with Crippen molar-refractivity contribution in [3.63, 3.8) is 0 Å². The molecule has 146 valence electrons. The first kappa shape index (κ1) is 18.3. The van der Waals surface area contributed by atoms with Crippen LogP contribution in [0.3, 0.4) is 0 Å². The highest BCUT2D eigenvalue weighted by Gasteiger charge is 2.21. The summed E-state index contributed by atoms with van der Waals surface area (Å²) in [6, 6.07) is 12.3. The highest BCUT2D eigenvalue weighted by Crippen LogP contribution is 2.31. The molecule has 0 atom stereocenters. The molecule has 0 spiro atoms. The normalized spacial score (nSPS) is 16.2. The molecule has 1 saturated heterocycles. The first-order valence-electron chi connectivity index (χ1n) is 9.82. The first-order valence-corrected chi connectivity index (χ1v) is 9.82. The lowest BCUT2D eigenvalue weighted by molar-refractivity contribution is 0.0762. The molecule has 6 heteroatoms. The molecule has 2 aromatic carbocycles. The van der Waals surface area contributed by atoms with Crippen LogP contribution in [0.1, 0.15) is 46.4 Å². The zero-order valence-electron chi connectivity index (χ0n) is 15.8. The maximum absolute atomic E-state index is 13.0. The fraction of sp³-hybridized carbons (Fsp3) is 0.364. The van der Waals surface area contributed by atoms with Crippen molar-refractivity contribution >= 4 is 17.5 Å². The summed E-state index contributed by atoms with van der Waals surface area (Å²) in [6.45, 7) is 2.50. The minimum absolute atomic E-state index is 0.0278. The number of nitrogens with one attached hydrogen (secondary N) is 1. The van der Waals surface area contributed by atoms with Gasteiger partial charge in [0.25, 0.3) is 11.8 Å². The summed E-state index contributed by atoms with van der Waals surface area (Å²) in [6.07, 6.45) is 4.37. The van der Waals surface area contributed by atoms with E-state index < -0.39 is 0 Å². The van der Waals surface area contributed by atoms with Crippen molar-refractivity contribution in [2.45, 2.75) is 25.7 Å². The third-order valence-electron chi connectivity index (χ3n) is 5.10. The van der Waals surface area contributed by atoms with Gasteiger partial charge in [0.1, 0.15) is 13.2 Å². The monoisotopic (exact) mass is 380 g/mol. The lowest BCUT2D eigenvalue weighted by Crippen LogP contribution is -2.32. The number of amides is 2. The summed E-state index contributed by atoms with van der Waals surface area (Å²) in [5, 5.41) is 2.89. The Balaban J connectivity index is 1.53. The molecule has 0 saturated carbocycles. The average Bonchev–Trinajstić information content (AvgIpc) is 3.03. The van der Waals surface area contributed by atoms with Gasteiger partial charge in [0.15, 0.2) is 11.5 Å². The molecule has 0 bridgehead atoms. The quantitative estimate of drug-likeness (QED) is 0.881. The zero-order valence-corrected chi connectivity index (χ0v) is 15.8. The van der Waals surface area contributed by atoms with E-state index in [2.05, 4.69) is 5.32 Å². The molecule has 2 aliphatic heterocycles. The maximum Gasteiger partial charge on any atom is 0.255 e. The van der Waals surface area contributed by atoms with E-state index >= 15 is 0 Å². The Labute approximate surface area is 164 Å². The smallest absolute Gasteiger partial charge is 0.255 e. The van der Waals surface area contributed by atoms with E-state index in [9.17, 15) is 9.59 Å². The SMILES string of the molecule is O=C(Nc1ccccc1C(=O)N1CCCCCC1)c1ccc2c(c1)OCCO2. The van der Waals surface area contributed by atoms with Gasteiger partial charge in [0.2, 0.25) is 0 Å².